The van der Waals surface area contributed by atoms with E-state index in [0.29, 0.717) is 24.5 Å². The fraction of sp³-hybridized carbons (Fsp3) is 0.600. The standard InChI is InChI=1S/C10H13F3IN3/c1-3-6-8(14)9(15-4-2)17-7(16-6)5-10(11,12)13/h3-5H2,1-2H3,(H,15,16,17). The van der Waals surface area contributed by atoms with Crippen LogP contribution in [-0.2, 0) is 12.8 Å². The molecule has 0 fully saturated rings. The van der Waals surface area contributed by atoms with E-state index < -0.39 is 12.6 Å². The second-order valence-electron chi connectivity index (χ2n) is 3.42. The number of halogens is 4. The summed E-state index contributed by atoms with van der Waals surface area (Å²) in [4.78, 5) is 7.85. The zero-order chi connectivity index (χ0) is 13.1. The van der Waals surface area contributed by atoms with Crippen LogP contribution in [-0.4, -0.2) is 22.7 Å². The minimum Gasteiger partial charge on any atom is -0.369 e. The number of anilines is 1. The maximum atomic E-state index is 12.3. The van der Waals surface area contributed by atoms with E-state index in [2.05, 4.69) is 15.3 Å². The van der Waals surface area contributed by atoms with Gasteiger partial charge in [0, 0.05) is 6.54 Å². The van der Waals surface area contributed by atoms with Gasteiger partial charge in [-0.05, 0) is 35.9 Å². The van der Waals surface area contributed by atoms with Crippen molar-refractivity contribution >= 4 is 28.4 Å². The van der Waals surface area contributed by atoms with Crippen molar-refractivity contribution in [2.24, 2.45) is 0 Å². The minimum atomic E-state index is -4.28. The molecule has 3 nitrogen and oxygen atoms in total. The Morgan fingerprint density at radius 3 is 2.35 bits per heavy atom. The smallest absolute Gasteiger partial charge is 0.369 e. The van der Waals surface area contributed by atoms with Crippen LogP contribution in [0.1, 0.15) is 25.4 Å². The van der Waals surface area contributed by atoms with Crippen LogP contribution < -0.4 is 5.32 Å². The van der Waals surface area contributed by atoms with Crippen LogP contribution in [0.3, 0.4) is 0 Å². The Morgan fingerprint density at radius 1 is 1.24 bits per heavy atom. The molecular formula is C10H13F3IN3. The molecule has 0 aromatic carbocycles. The molecule has 0 spiro atoms. The van der Waals surface area contributed by atoms with Crippen molar-refractivity contribution in [3.63, 3.8) is 0 Å². The number of aryl methyl sites for hydroxylation is 1. The average molecular weight is 359 g/mol. The van der Waals surface area contributed by atoms with Gasteiger partial charge in [0.25, 0.3) is 0 Å². The van der Waals surface area contributed by atoms with Crippen molar-refractivity contribution in [2.75, 3.05) is 11.9 Å². The van der Waals surface area contributed by atoms with Crippen LogP contribution in [0.25, 0.3) is 0 Å². The summed E-state index contributed by atoms with van der Waals surface area (Å²) in [7, 11) is 0. The summed E-state index contributed by atoms with van der Waals surface area (Å²) in [6.07, 6.45) is -4.78. The van der Waals surface area contributed by atoms with Gasteiger partial charge >= 0.3 is 6.18 Å². The number of aromatic nitrogens is 2. The van der Waals surface area contributed by atoms with Gasteiger partial charge in [-0.2, -0.15) is 13.2 Å². The number of nitrogens with zero attached hydrogens (tertiary/aromatic N) is 2. The van der Waals surface area contributed by atoms with E-state index >= 15 is 0 Å². The van der Waals surface area contributed by atoms with Crippen molar-refractivity contribution in [3.05, 3.63) is 15.1 Å². The lowest BCUT2D eigenvalue weighted by molar-refractivity contribution is -0.128. The maximum Gasteiger partial charge on any atom is 0.396 e. The molecule has 0 bridgehead atoms. The van der Waals surface area contributed by atoms with Crippen molar-refractivity contribution in [1.82, 2.24) is 9.97 Å². The molecular weight excluding hydrogens is 346 g/mol. The molecule has 17 heavy (non-hydrogen) atoms. The highest BCUT2D eigenvalue weighted by Crippen LogP contribution is 2.24. The van der Waals surface area contributed by atoms with Crippen LogP contribution in [0, 0.1) is 3.57 Å². The summed E-state index contributed by atoms with van der Waals surface area (Å²) in [5, 5.41) is 2.95. The third-order valence-electron chi connectivity index (χ3n) is 2.00. The normalized spacial score (nSPS) is 11.6. The monoisotopic (exact) mass is 359 g/mol. The van der Waals surface area contributed by atoms with Gasteiger partial charge in [0.2, 0.25) is 0 Å². The molecule has 0 aliphatic rings. The third kappa shape index (κ3) is 4.29. The fourth-order valence-electron chi connectivity index (χ4n) is 1.32. The Bertz CT molecular complexity index is 393. The molecule has 1 heterocycles. The van der Waals surface area contributed by atoms with Crippen LogP contribution >= 0.6 is 22.6 Å². The second kappa shape index (κ2) is 5.83. The van der Waals surface area contributed by atoms with Crippen LogP contribution in [0.5, 0.6) is 0 Å². The molecule has 0 atom stereocenters. The van der Waals surface area contributed by atoms with Crippen LogP contribution in [0.2, 0.25) is 0 Å². The molecule has 1 rings (SSSR count). The molecule has 1 aromatic heterocycles. The van der Waals surface area contributed by atoms with E-state index in [0.717, 1.165) is 3.57 Å². The Kier molecular flexibility index (Phi) is 4.96. The van der Waals surface area contributed by atoms with Gasteiger partial charge in [-0.15, -0.1) is 0 Å². The summed E-state index contributed by atoms with van der Waals surface area (Å²) < 4.78 is 37.7. The van der Waals surface area contributed by atoms with Crippen molar-refractivity contribution < 1.29 is 13.2 Å². The molecule has 0 unspecified atom stereocenters. The van der Waals surface area contributed by atoms with E-state index in [-0.39, 0.29) is 5.82 Å². The van der Waals surface area contributed by atoms with Gasteiger partial charge in [0.15, 0.2) is 0 Å². The second-order valence-corrected chi connectivity index (χ2v) is 4.50. The SMILES string of the molecule is CCNc1nc(CC(F)(F)F)nc(CC)c1I. The third-order valence-corrected chi connectivity index (χ3v) is 3.14. The number of hydrogen-bond donors (Lipinski definition) is 1. The van der Waals surface area contributed by atoms with E-state index in [4.69, 9.17) is 0 Å². The number of hydrogen-bond acceptors (Lipinski definition) is 3. The first kappa shape index (κ1) is 14.5. The number of alkyl halides is 3. The molecule has 0 saturated carbocycles. The molecule has 0 amide bonds. The summed E-state index contributed by atoms with van der Waals surface area (Å²) in [5.74, 6) is 0.310. The predicted molar refractivity (Wildman–Crippen MR) is 68.0 cm³/mol. The molecule has 96 valence electrons. The molecule has 1 N–H and O–H groups in total. The highest BCUT2D eigenvalue weighted by molar-refractivity contribution is 14.1. The van der Waals surface area contributed by atoms with Gasteiger partial charge in [-0.1, -0.05) is 6.92 Å². The van der Waals surface area contributed by atoms with E-state index in [9.17, 15) is 13.2 Å². The fourth-order valence-corrected chi connectivity index (χ4v) is 2.14. The summed E-state index contributed by atoms with van der Waals surface area (Å²) in [6, 6.07) is 0. The van der Waals surface area contributed by atoms with Crippen molar-refractivity contribution in [3.8, 4) is 0 Å². The quantitative estimate of drug-likeness (QED) is 0.840. The zero-order valence-electron chi connectivity index (χ0n) is 9.53. The lowest BCUT2D eigenvalue weighted by Crippen LogP contribution is -2.17. The molecule has 1 aromatic rings. The first-order chi connectivity index (χ1) is 7.87. The van der Waals surface area contributed by atoms with E-state index in [1.807, 2.05) is 36.4 Å². The van der Waals surface area contributed by atoms with Crippen molar-refractivity contribution in [1.29, 1.82) is 0 Å². The zero-order valence-corrected chi connectivity index (χ0v) is 11.7. The van der Waals surface area contributed by atoms with Crippen molar-refractivity contribution in [2.45, 2.75) is 32.9 Å². The van der Waals surface area contributed by atoms with Crippen LogP contribution in [0.15, 0.2) is 0 Å². The number of rotatable bonds is 4. The van der Waals surface area contributed by atoms with Gasteiger partial charge in [-0.25, -0.2) is 9.97 Å². The maximum absolute atomic E-state index is 12.3. The minimum absolute atomic E-state index is 0.175. The van der Waals surface area contributed by atoms with E-state index in [1.165, 1.54) is 0 Å². The van der Waals surface area contributed by atoms with Gasteiger partial charge < -0.3 is 5.32 Å². The van der Waals surface area contributed by atoms with Gasteiger partial charge in [0.1, 0.15) is 18.1 Å². The summed E-state index contributed by atoms with van der Waals surface area (Å²) in [5.41, 5.74) is 0.649. The highest BCUT2D eigenvalue weighted by Gasteiger charge is 2.30. The Hall–Kier alpha value is -0.600. The highest BCUT2D eigenvalue weighted by atomic mass is 127. The summed E-state index contributed by atoms with van der Waals surface area (Å²) in [6.45, 7) is 4.34. The predicted octanol–water partition coefficient (Wildman–Crippen LogP) is 3.18. The largest absolute Gasteiger partial charge is 0.396 e. The lowest BCUT2D eigenvalue weighted by atomic mass is 10.3. The first-order valence-electron chi connectivity index (χ1n) is 5.23. The Morgan fingerprint density at radius 2 is 1.88 bits per heavy atom. The molecule has 0 radical (unpaired) electrons. The summed E-state index contributed by atoms with van der Waals surface area (Å²) >= 11 is 2.05. The van der Waals surface area contributed by atoms with Gasteiger partial charge in [0.05, 0.1) is 9.26 Å². The van der Waals surface area contributed by atoms with Gasteiger partial charge in [-0.3, -0.25) is 0 Å². The Labute approximate surface area is 111 Å². The molecule has 0 saturated heterocycles. The average Bonchev–Trinajstić information content (AvgIpc) is 2.20. The Balaban J connectivity index is 3.11. The number of nitrogens with one attached hydrogen (secondary N) is 1. The topological polar surface area (TPSA) is 37.8 Å². The van der Waals surface area contributed by atoms with Crippen LogP contribution in [0.4, 0.5) is 19.0 Å². The first-order valence-corrected chi connectivity index (χ1v) is 6.31. The van der Waals surface area contributed by atoms with E-state index in [1.54, 1.807) is 0 Å². The lowest BCUT2D eigenvalue weighted by Gasteiger charge is -2.12. The molecule has 7 heteroatoms. The molecule has 0 aliphatic heterocycles. The molecule has 0 aliphatic carbocycles.